The summed E-state index contributed by atoms with van der Waals surface area (Å²) in [6.07, 6.45) is -0.218. The maximum absolute atomic E-state index is 12.6. The first-order chi connectivity index (χ1) is 5.55. The normalized spacial score (nSPS) is 21.1. The molecule has 0 bridgehead atoms. The molecule has 0 saturated carbocycles. The second kappa shape index (κ2) is 3.25. The minimum atomic E-state index is -2.69. The molecule has 1 heterocycles. The lowest BCUT2D eigenvalue weighted by Gasteiger charge is -2.15. The zero-order chi connectivity index (χ0) is 9.19. The van der Waals surface area contributed by atoms with Gasteiger partial charge >= 0.3 is 6.03 Å². The van der Waals surface area contributed by atoms with E-state index >= 15 is 0 Å². The van der Waals surface area contributed by atoms with Gasteiger partial charge in [-0.15, -0.1) is 0 Å². The number of urea groups is 1. The Hall–Kier alpha value is -0.870. The Balaban J connectivity index is 2.41. The van der Waals surface area contributed by atoms with E-state index in [1.807, 2.05) is 0 Å². The van der Waals surface area contributed by atoms with Crippen LogP contribution in [0.5, 0.6) is 0 Å². The molecule has 0 radical (unpaired) electrons. The number of nitrogens with zero attached hydrogens (tertiary/aromatic N) is 1. The van der Waals surface area contributed by atoms with Crippen LogP contribution in [0.4, 0.5) is 13.6 Å². The summed E-state index contributed by atoms with van der Waals surface area (Å²) < 4.78 is 25.1. The van der Waals surface area contributed by atoms with Crippen LogP contribution in [0.2, 0.25) is 0 Å². The predicted molar refractivity (Wildman–Crippen MR) is 40.2 cm³/mol. The van der Waals surface area contributed by atoms with Gasteiger partial charge in [-0.2, -0.15) is 0 Å². The molecule has 0 atom stereocenters. The lowest BCUT2D eigenvalue weighted by Crippen LogP contribution is -2.39. The first-order valence-corrected chi connectivity index (χ1v) is 3.96. The number of halogens is 2. The molecule has 0 aromatic carbocycles. The van der Waals surface area contributed by atoms with Crippen LogP contribution in [0, 0.1) is 0 Å². The molecule has 1 rings (SSSR count). The van der Waals surface area contributed by atoms with Crippen LogP contribution in [0.1, 0.15) is 13.3 Å². The van der Waals surface area contributed by atoms with Gasteiger partial charge < -0.3 is 10.2 Å². The van der Waals surface area contributed by atoms with E-state index in [4.69, 9.17) is 0 Å². The third kappa shape index (κ3) is 2.06. The number of alkyl halides is 2. The van der Waals surface area contributed by atoms with Gasteiger partial charge in [0.25, 0.3) is 5.92 Å². The number of nitrogens with one attached hydrogen (secondary N) is 1. The largest absolute Gasteiger partial charge is 0.338 e. The Morgan fingerprint density at radius 2 is 2.33 bits per heavy atom. The molecule has 0 aliphatic carbocycles. The first kappa shape index (κ1) is 9.22. The molecule has 2 amide bonds. The summed E-state index contributed by atoms with van der Waals surface area (Å²) in [5.74, 6) is -2.69. The molecule has 0 aromatic rings. The third-order valence-electron chi connectivity index (χ3n) is 1.78. The molecule has 1 aliphatic heterocycles. The number of rotatable bonds is 1. The molecular weight excluding hydrogens is 166 g/mol. The highest BCUT2D eigenvalue weighted by atomic mass is 19.3. The molecule has 1 saturated heterocycles. The minimum absolute atomic E-state index is 0.152. The Morgan fingerprint density at radius 1 is 1.67 bits per heavy atom. The highest BCUT2D eigenvalue weighted by Gasteiger charge is 2.40. The number of amides is 2. The Kier molecular flexibility index (Phi) is 2.49. The number of hydrogen-bond acceptors (Lipinski definition) is 1. The van der Waals surface area contributed by atoms with Crippen molar-refractivity contribution in [2.75, 3.05) is 19.6 Å². The van der Waals surface area contributed by atoms with Crippen molar-refractivity contribution < 1.29 is 13.6 Å². The molecule has 1 fully saturated rings. The van der Waals surface area contributed by atoms with E-state index in [0.29, 0.717) is 6.54 Å². The van der Waals surface area contributed by atoms with Crippen LogP contribution >= 0.6 is 0 Å². The van der Waals surface area contributed by atoms with Gasteiger partial charge in [-0.05, 0) is 6.92 Å². The van der Waals surface area contributed by atoms with Crippen molar-refractivity contribution in [3.05, 3.63) is 0 Å². The fourth-order valence-corrected chi connectivity index (χ4v) is 1.17. The van der Waals surface area contributed by atoms with Crippen molar-refractivity contribution in [1.29, 1.82) is 0 Å². The van der Waals surface area contributed by atoms with Gasteiger partial charge in [0.1, 0.15) is 0 Å². The summed E-state index contributed by atoms with van der Waals surface area (Å²) in [6.45, 7) is 1.94. The van der Waals surface area contributed by atoms with E-state index in [1.165, 1.54) is 0 Å². The molecule has 0 unspecified atom stereocenters. The summed E-state index contributed by atoms with van der Waals surface area (Å²) in [5, 5.41) is 2.48. The highest BCUT2D eigenvalue weighted by molar-refractivity contribution is 5.74. The quantitative estimate of drug-likeness (QED) is 0.639. The molecule has 1 N–H and O–H groups in total. The SMILES string of the molecule is CCNC(=O)N1CCC(F)(F)C1. The zero-order valence-electron chi connectivity index (χ0n) is 6.94. The molecule has 0 spiro atoms. The van der Waals surface area contributed by atoms with Crippen molar-refractivity contribution in [3.63, 3.8) is 0 Å². The fourth-order valence-electron chi connectivity index (χ4n) is 1.17. The van der Waals surface area contributed by atoms with Crippen molar-refractivity contribution in [2.24, 2.45) is 0 Å². The van der Waals surface area contributed by atoms with Gasteiger partial charge in [0.15, 0.2) is 0 Å². The molecule has 5 heteroatoms. The van der Waals surface area contributed by atoms with E-state index < -0.39 is 18.5 Å². The summed E-state index contributed by atoms with van der Waals surface area (Å²) >= 11 is 0. The van der Waals surface area contributed by atoms with Crippen LogP contribution in [-0.2, 0) is 0 Å². The maximum Gasteiger partial charge on any atom is 0.317 e. The molecule has 70 valence electrons. The van der Waals surface area contributed by atoms with Gasteiger partial charge in [0.05, 0.1) is 6.54 Å². The van der Waals surface area contributed by atoms with E-state index in [-0.39, 0.29) is 13.0 Å². The number of carbonyl (C=O) groups excluding carboxylic acids is 1. The summed E-state index contributed by atoms with van der Waals surface area (Å²) in [5.41, 5.74) is 0. The van der Waals surface area contributed by atoms with Gasteiger partial charge in [-0.3, -0.25) is 0 Å². The standard InChI is InChI=1S/C7H12F2N2O/c1-2-10-6(12)11-4-3-7(8,9)5-11/h2-5H2,1H3,(H,10,12). The molecule has 12 heavy (non-hydrogen) atoms. The minimum Gasteiger partial charge on any atom is -0.338 e. The number of carbonyl (C=O) groups is 1. The number of likely N-dealkylation sites (tertiary alicyclic amines) is 1. The highest BCUT2D eigenvalue weighted by Crippen LogP contribution is 2.26. The summed E-state index contributed by atoms with van der Waals surface area (Å²) in [4.78, 5) is 12.2. The van der Waals surface area contributed by atoms with Gasteiger partial charge in [-0.25, -0.2) is 13.6 Å². The number of hydrogen-bond donors (Lipinski definition) is 1. The lowest BCUT2D eigenvalue weighted by molar-refractivity contribution is 0.0154. The van der Waals surface area contributed by atoms with E-state index in [9.17, 15) is 13.6 Å². The van der Waals surface area contributed by atoms with Crippen LogP contribution < -0.4 is 5.32 Å². The Labute approximate surface area is 69.7 Å². The molecule has 1 aliphatic rings. The average molecular weight is 178 g/mol. The third-order valence-corrected chi connectivity index (χ3v) is 1.78. The van der Waals surface area contributed by atoms with Crippen LogP contribution in [-0.4, -0.2) is 36.5 Å². The lowest BCUT2D eigenvalue weighted by atomic mass is 10.3. The van der Waals surface area contributed by atoms with Crippen LogP contribution in [0.15, 0.2) is 0 Å². The fraction of sp³-hybridized carbons (Fsp3) is 0.857. The molecule has 0 aromatic heterocycles. The Bertz CT molecular complexity index is 184. The molecular formula is C7H12F2N2O. The maximum atomic E-state index is 12.6. The summed E-state index contributed by atoms with van der Waals surface area (Å²) in [7, 11) is 0. The average Bonchev–Trinajstić information content (AvgIpc) is 2.31. The second-order valence-electron chi connectivity index (χ2n) is 2.86. The monoisotopic (exact) mass is 178 g/mol. The van der Waals surface area contributed by atoms with Gasteiger partial charge in [-0.1, -0.05) is 0 Å². The van der Waals surface area contributed by atoms with Gasteiger partial charge in [0.2, 0.25) is 0 Å². The Morgan fingerprint density at radius 3 is 2.75 bits per heavy atom. The van der Waals surface area contributed by atoms with Crippen LogP contribution in [0.25, 0.3) is 0 Å². The van der Waals surface area contributed by atoms with Crippen molar-refractivity contribution in [2.45, 2.75) is 19.3 Å². The summed E-state index contributed by atoms with van der Waals surface area (Å²) in [6, 6.07) is -0.394. The van der Waals surface area contributed by atoms with Gasteiger partial charge in [0, 0.05) is 19.5 Å². The predicted octanol–water partition coefficient (Wildman–Crippen LogP) is 1.06. The van der Waals surface area contributed by atoms with Crippen LogP contribution in [0.3, 0.4) is 0 Å². The van der Waals surface area contributed by atoms with Crippen molar-refractivity contribution >= 4 is 6.03 Å². The van der Waals surface area contributed by atoms with E-state index in [2.05, 4.69) is 5.32 Å². The molecule has 3 nitrogen and oxygen atoms in total. The second-order valence-corrected chi connectivity index (χ2v) is 2.86. The van der Waals surface area contributed by atoms with Crippen molar-refractivity contribution in [1.82, 2.24) is 10.2 Å². The zero-order valence-corrected chi connectivity index (χ0v) is 6.94. The topological polar surface area (TPSA) is 32.3 Å². The van der Waals surface area contributed by atoms with E-state index in [1.54, 1.807) is 6.92 Å². The first-order valence-electron chi connectivity index (χ1n) is 3.96. The smallest absolute Gasteiger partial charge is 0.317 e. The van der Waals surface area contributed by atoms with E-state index in [0.717, 1.165) is 4.90 Å². The van der Waals surface area contributed by atoms with Crippen molar-refractivity contribution in [3.8, 4) is 0 Å².